The Labute approximate surface area is 95.5 Å². The van der Waals surface area contributed by atoms with Gasteiger partial charge in [-0.2, -0.15) is 0 Å². The number of aliphatic hydroxyl groups excluding tert-OH is 1. The first kappa shape index (κ1) is 11.0. The van der Waals surface area contributed by atoms with Crippen LogP contribution in [0, 0.1) is 0 Å². The van der Waals surface area contributed by atoms with Gasteiger partial charge in [0, 0.05) is 5.56 Å². The topological polar surface area (TPSA) is 33.4 Å². The van der Waals surface area contributed by atoms with E-state index in [-0.39, 0.29) is 0 Å². The van der Waals surface area contributed by atoms with E-state index in [1.807, 2.05) is 18.2 Å². The molecule has 0 radical (unpaired) electrons. The van der Waals surface area contributed by atoms with Gasteiger partial charge in [0.05, 0.1) is 12.5 Å². The molecule has 0 aliphatic heterocycles. The summed E-state index contributed by atoms with van der Waals surface area (Å²) in [5.41, 5.74) is 2.93. The Hall–Kier alpha value is -1.54. The Morgan fingerprint density at radius 1 is 1.06 bits per heavy atom. The summed E-state index contributed by atoms with van der Waals surface area (Å²) < 4.78 is 5.00. The molecule has 1 atom stereocenters. The van der Waals surface area contributed by atoms with Gasteiger partial charge < -0.3 is 9.52 Å². The zero-order valence-electron chi connectivity index (χ0n) is 9.55. The molecule has 2 nitrogen and oxygen atoms in total. The quantitative estimate of drug-likeness (QED) is 0.852. The predicted molar refractivity (Wildman–Crippen MR) is 63.3 cm³/mol. The lowest BCUT2D eigenvalue weighted by atomic mass is 9.92. The van der Waals surface area contributed by atoms with Crippen LogP contribution in [0.4, 0.5) is 0 Å². The molecule has 0 bridgehead atoms. The average molecular weight is 216 g/mol. The van der Waals surface area contributed by atoms with Crippen molar-refractivity contribution in [3.63, 3.8) is 0 Å². The molecule has 2 heteroatoms. The molecular formula is C14H16O2. The minimum Gasteiger partial charge on any atom is -0.472 e. The standard InChI is InChI=1S/C14H16O2/c1-10(2)12-5-3-4-6-13(12)14(15)11-7-8-16-9-11/h3-10,14-15H,1-2H3. The zero-order chi connectivity index (χ0) is 11.5. The maximum absolute atomic E-state index is 10.3. The van der Waals surface area contributed by atoms with E-state index in [1.165, 1.54) is 5.56 Å². The van der Waals surface area contributed by atoms with Gasteiger partial charge >= 0.3 is 0 Å². The monoisotopic (exact) mass is 216 g/mol. The van der Waals surface area contributed by atoms with Crippen molar-refractivity contribution in [2.45, 2.75) is 25.9 Å². The summed E-state index contributed by atoms with van der Waals surface area (Å²) in [5, 5.41) is 10.3. The van der Waals surface area contributed by atoms with Crippen LogP contribution in [0.5, 0.6) is 0 Å². The van der Waals surface area contributed by atoms with Gasteiger partial charge in [-0.25, -0.2) is 0 Å². The van der Waals surface area contributed by atoms with E-state index in [0.29, 0.717) is 5.92 Å². The first-order valence-electron chi connectivity index (χ1n) is 5.49. The molecule has 0 spiro atoms. The van der Waals surface area contributed by atoms with Crippen molar-refractivity contribution in [1.82, 2.24) is 0 Å². The molecule has 0 fully saturated rings. The maximum atomic E-state index is 10.3. The van der Waals surface area contributed by atoms with Gasteiger partial charge in [-0.3, -0.25) is 0 Å². The highest BCUT2D eigenvalue weighted by molar-refractivity contribution is 5.36. The second-order valence-electron chi connectivity index (χ2n) is 4.24. The Balaban J connectivity index is 2.40. The van der Waals surface area contributed by atoms with Gasteiger partial charge in [-0.1, -0.05) is 38.1 Å². The molecule has 84 valence electrons. The lowest BCUT2D eigenvalue weighted by molar-refractivity contribution is 0.217. The molecule has 0 aliphatic rings. The predicted octanol–water partition coefficient (Wildman–Crippen LogP) is 3.48. The van der Waals surface area contributed by atoms with Crippen LogP contribution in [0.3, 0.4) is 0 Å². The van der Waals surface area contributed by atoms with E-state index in [0.717, 1.165) is 11.1 Å². The SMILES string of the molecule is CC(C)c1ccccc1C(O)c1ccoc1. The molecule has 1 unspecified atom stereocenters. The molecule has 16 heavy (non-hydrogen) atoms. The van der Waals surface area contributed by atoms with Crippen LogP contribution >= 0.6 is 0 Å². The minimum atomic E-state index is -0.600. The first-order valence-corrected chi connectivity index (χ1v) is 5.49. The molecule has 2 aromatic rings. The largest absolute Gasteiger partial charge is 0.472 e. The highest BCUT2D eigenvalue weighted by atomic mass is 16.3. The van der Waals surface area contributed by atoms with Gasteiger partial charge in [-0.05, 0) is 23.1 Å². The molecular weight excluding hydrogens is 200 g/mol. The first-order chi connectivity index (χ1) is 7.70. The van der Waals surface area contributed by atoms with Gasteiger partial charge in [0.15, 0.2) is 0 Å². The fourth-order valence-corrected chi connectivity index (χ4v) is 1.90. The van der Waals surface area contributed by atoms with E-state index in [2.05, 4.69) is 19.9 Å². The third-order valence-corrected chi connectivity index (χ3v) is 2.77. The smallest absolute Gasteiger partial charge is 0.107 e. The van der Waals surface area contributed by atoms with Crippen molar-refractivity contribution in [3.8, 4) is 0 Å². The van der Waals surface area contributed by atoms with Crippen molar-refractivity contribution >= 4 is 0 Å². The van der Waals surface area contributed by atoms with Gasteiger partial charge in [0.1, 0.15) is 6.10 Å². The summed E-state index contributed by atoms with van der Waals surface area (Å²) in [5.74, 6) is 0.401. The average Bonchev–Trinajstić information content (AvgIpc) is 2.81. The zero-order valence-corrected chi connectivity index (χ0v) is 9.55. The normalized spacial score (nSPS) is 13.0. The summed E-state index contributed by atoms with van der Waals surface area (Å²) in [6, 6.07) is 9.77. The number of furan rings is 1. The summed E-state index contributed by atoms with van der Waals surface area (Å²) in [6.45, 7) is 4.25. The Bertz CT molecular complexity index is 444. The number of hydrogen-bond acceptors (Lipinski definition) is 2. The molecule has 0 saturated heterocycles. The highest BCUT2D eigenvalue weighted by Gasteiger charge is 2.16. The molecule has 1 heterocycles. The summed E-state index contributed by atoms with van der Waals surface area (Å²) in [7, 11) is 0. The third-order valence-electron chi connectivity index (χ3n) is 2.77. The lowest BCUT2D eigenvalue weighted by Crippen LogP contribution is -2.03. The summed E-state index contributed by atoms with van der Waals surface area (Å²) in [4.78, 5) is 0. The van der Waals surface area contributed by atoms with E-state index in [1.54, 1.807) is 18.6 Å². The van der Waals surface area contributed by atoms with Crippen molar-refractivity contribution in [2.24, 2.45) is 0 Å². The Kier molecular flexibility index (Phi) is 3.11. The van der Waals surface area contributed by atoms with Crippen molar-refractivity contribution in [3.05, 3.63) is 59.5 Å². The van der Waals surface area contributed by atoms with Gasteiger partial charge in [0.25, 0.3) is 0 Å². The highest BCUT2D eigenvalue weighted by Crippen LogP contribution is 2.29. The van der Waals surface area contributed by atoms with Crippen LogP contribution in [-0.2, 0) is 0 Å². The van der Waals surface area contributed by atoms with Crippen LogP contribution in [0.1, 0.15) is 42.6 Å². The Morgan fingerprint density at radius 2 is 1.75 bits per heavy atom. The Morgan fingerprint density at radius 3 is 2.31 bits per heavy atom. The second-order valence-corrected chi connectivity index (χ2v) is 4.24. The molecule has 0 aliphatic carbocycles. The fourth-order valence-electron chi connectivity index (χ4n) is 1.90. The number of benzene rings is 1. The van der Waals surface area contributed by atoms with Crippen LogP contribution in [0.2, 0.25) is 0 Å². The molecule has 1 aromatic heterocycles. The number of hydrogen-bond donors (Lipinski definition) is 1. The van der Waals surface area contributed by atoms with Crippen molar-refractivity contribution < 1.29 is 9.52 Å². The summed E-state index contributed by atoms with van der Waals surface area (Å²) in [6.07, 6.45) is 2.57. The summed E-state index contributed by atoms with van der Waals surface area (Å²) >= 11 is 0. The van der Waals surface area contributed by atoms with Crippen LogP contribution < -0.4 is 0 Å². The second kappa shape index (κ2) is 4.54. The van der Waals surface area contributed by atoms with Crippen LogP contribution in [-0.4, -0.2) is 5.11 Å². The van der Waals surface area contributed by atoms with Crippen molar-refractivity contribution in [1.29, 1.82) is 0 Å². The van der Waals surface area contributed by atoms with E-state index < -0.39 is 6.10 Å². The van der Waals surface area contributed by atoms with Crippen molar-refractivity contribution in [2.75, 3.05) is 0 Å². The van der Waals surface area contributed by atoms with Gasteiger partial charge in [0.2, 0.25) is 0 Å². The lowest BCUT2D eigenvalue weighted by Gasteiger charge is -2.16. The third kappa shape index (κ3) is 2.02. The molecule has 2 rings (SSSR count). The molecule has 0 amide bonds. The van der Waals surface area contributed by atoms with E-state index >= 15 is 0 Å². The van der Waals surface area contributed by atoms with Crippen LogP contribution in [0.25, 0.3) is 0 Å². The van der Waals surface area contributed by atoms with Gasteiger partial charge in [-0.15, -0.1) is 0 Å². The van der Waals surface area contributed by atoms with E-state index in [9.17, 15) is 5.11 Å². The molecule has 0 saturated carbocycles. The molecule has 1 N–H and O–H groups in total. The fraction of sp³-hybridized carbons (Fsp3) is 0.286. The minimum absolute atomic E-state index is 0.401. The number of rotatable bonds is 3. The van der Waals surface area contributed by atoms with E-state index in [4.69, 9.17) is 4.42 Å². The number of aliphatic hydroxyl groups is 1. The molecule has 1 aromatic carbocycles. The van der Waals surface area contributed by atoms with Crippen LogP contribution in [0.15, 0.2) is 47.3 Å². The maximum Gasteiger partial charge on any atom is 0.107 e.